The van der Waals surface area contributed by atoms with E-state index in [-0.39, 0.29) is 5.82 Å². The lowest BCUT2D eigenvalue weighted by Gasteiger charge is -2.43. The zero-order valence-electron chi connectivity index (χ0n) is 12.2. The van der Waals surface area contributed by atoms with Crippen LogP contribution >= 0.6 is 0 Å². The minimum atomic E-state index is -0.754. The fourth-order valence-corrected chi connectivity index (χ4v) is 4.03. The van der Waals surface area contributed by atoms with Crippen LogP contribution in [0.3, 0.4) is 0 Å². The average molecular weight is 277 g/mol. The van der Waals surface area contributed by atoms with Crippen LogP contribution in [0.5, 0.6) is 0 Å². The second-order valence-electron chi connectivity index (χ2n) is 6.39. The zero-order chi connectivity index (χ0) is 14.1. The second kappa shape index (κ2) is 5.72. The first-order valence-corrected chi connectivity index (χ1v) is 7.88. The lowest BCUT2D eigenvalue weighted by atomic mass is 9.75. The molecule has 1 aliphatic carbocycles. The summed E-state index contributed by atoms with van der Waals surface area (Å²) in [7, 11) is 0. The molecule has 2 nitrogen and oxygen atoms in total. The first-order valence-electron chi connectivity index (χ1n) is 7.88. The Balaban J connectivity index is 1.84. The van der Waals surface area contributed by atoms with E-state index in [1.54, 1.807) is 13.0 Å². The van der Waals surface area contributed by atoms with Gasteiger partial charge in [0.25, 0.3) is 0 Å². The van der Waals surface area contributed by atoms with E-state index in [9.17, 15) is 9.50 Å². The average Bonchev–Trinajstić information content (AvgIpc) is 2.46. The third kappa shape index (κ3) is 2.56. The van der Waals surface area contributed by atoms with Crippen molar-refractivity contribution in [3.8, 4) is 0 Å². The molecule has 1 aromatic rings. The number of nitrogens with zero attached hydrogens (tertiary/aromatic N) is 1. The molecule has 0 radical (unpaired) electrons. The van der Waals surface area contributed by atoms with E-state index < -0.39 is 6.10 Å². The number of hydrogen-bond donors (Lipinski definition) is 1. The van der Waals surface area contributed by atoms with Crippen molar-refractivity contribution in [2.24, 2.45) is 11.8 Å². The molecule has 3 heteroatoms. The summed E-state index contributed by atoms with van der Waals surface area (Å²) >= 11 is 0. The summed E-state index contributed by atoms with van der Waals surface area (Å²) in [6, 6.07) is 5.15. The van der Waals surface area contributed by atoms with Gasteiger partial charge in [-0.05, 0) is 43.7 Å². The van der Waals surface area contributed by atoms with Gasteiger partial charge in [0.1, 0.15) is 5.82 Å². The molecule has 3 rings (SSSR count). The van der Waals surface area contributed by atoms with Crippen molar-refractivity contribution in [3.05, 3.63) is 29.6 Å². The number of aliphatic hydroxyl groups is 1. The van der Waals surface area contributed by atoms with E-state index in [1.165, 1.54) is 38.2 Å². The monoisotopic (exact) mass is 277 g/mol. The minimum Gasteiger partial charge on any atom is -0.389 e. The lowest BCUT2D eigenvalue weighted by molar-refractivity contribution is 0.189. The van der Waals surface area contributed by atoms with Gasteiger partial charge in [-0.15, -0.1) is 0 Å². The van der Waals surface area contributed by atoms with Crippen LogP contribution in [-0.2, 0) is 0 Å². The first kappa shape index (κ1) is 13.9. The highest BCUT2D eigenvalue weighted by molar-refractivity contribution is 5.55. The fraction of sp³-hybridized carbons (Fsp3) is 0.647. The Kier molecular flexibility index (Phi) is 3.97. The Hall–Kier alpha value is -1.09. The minimum absolute atomic E-state index is 0.289. The summed E-state index contributed by atoms with van der Waals surface area (Å²) in [6.45, 7) is 3.66. The Bertz CT molecular complexity index is 474. The Morgan fingerprint density at radius 2 is 1.95 bits per heavy atom. The van der Waals surface area contributed by atoms with Crippen LogP contribution in [0, 0.1) is 17.7 Å². The van der Waals surface area contributed by atoms with Crippen LogP contribution in [0.15, 0.2) is 18.2 Å². The van der Waals surface area contributed by atoms with Crippen LogP contribution in [0.4, 0.5) is 10.1 Å². The molecular weight excluding hydrogens is 253 g/mol. The summed E-state index contributed by atoms with van der Waals surface area (Å²) in [5.74, 6) is 1.33. The lowest BCUT2D eigenvalue weighted by Crippen LogP contribution is -2.42. The normalized spacial score (nSPS) is 28.1. The van der Waals surface area contributed by atoms with Crippen LogP contribution in [-0.4, -0.2) is 18.2 Å². The van der Waals surface area contributed by atoms with Crippen LogP contribution in [0.25, 0.3) is 0 Å². The molecule has 0 aromatic heterocycles. The Morgan fingerprint density at radius 1 is 1.20 bits per heavy atom. The topological polar surface area (TPSA) is 23.5 Å². The van der Waals surface area contributed by atoms with Crippen molar-refractivity contribution in [2.75, 3.05) is 18.0 Å². The van der Waals surface area contributed by atoms with Gasteiger partial charge in [0.05, 0.1) is 6.10 Å². The molecular formula is C17H24FNO. The molecule has 0 bridgehead atoms. The summed E-state index contributed by atoms with van der Waals surface area (Å²) in [6.07, 6.45) is 5.84. The zero-order valence-corrected chi connectivity index (χ0v) is 12.2. The highest BCUT2D eigenvalue weighted by atomic mass is 19.1. The van der Waals surface area contributed by atoms with Gasteiger partial charge in [-0.3, -0.25) is 0 Å². The van der Waals surface area contributed by atoms with Gasteiger partial charge in [-0.1, -0.05) is 25.3 Å². The SMILES string of the molecule is C[C@@H](O)c1c(F)cccc1N1CCC2CCCCC2C1. The van der Waals surface area contributed by atoms with E-state index in [1.807, 2.05) is 6.07 Å². The highest BCUT2D eigenvalue weighted by Crippen LogP contribution is 2.39. The number of fused-ring (bicyclic) bond motifs is 1. The third-order valence-electron chi connectivity index (χ3n) is 5.08. The van der Waals surface area contributed by atoms with E-state index in [0.29, 0.717) is 5.56 Å². The van der Waals surface area contributed by atoms with Gasteiger partial charge >= 0.3 is 0 Å². The first-order chi connectivity index (χ1) is 9.66. The van der Waals surface area contributed by atoms with Gasteiger partial charge in [-0.25, -0.2) is 4.39 Å². The molecule has 1 N–H and O–H groups in total. The molecule has 2 fully saturated rings. The standard InChI is InChI=1S/C17H24FNO/c1-12(20)17-15(18)7-4-8-16(17)19-10-9-13-5-2-3-6-14(13)11-19/h4,7-8,12-14,20H,2-3,5-6,9-11H2,1H3/t12-,13?,14?/m1/s1. The number of anilines is 1. The Labute approximate surface area is 120 Å². The van der Waals surface area contributed by atoms with E-state index in [4.69, 9.17) is 0 Å². The quantitative estimate of drug-likeness (QED) is 0.886. The molecule has 110 valence electrons. The Morgan fingerprint density at radius 3 is 2.70 bits per heavy atom. The molecule has 20 heavy (non-hydrogen) atoms. The smallest absolute Gasteiger partial charge is 0.131 e. The van der Waals surface area contributed by atoms with Gasteiger partial charge in [0.15, 0.2) is 0 Å². The van der Waals surface area contributed by atoms with Crippen LogP contribution < -0.4 is 4.90 Å². The number of aliphatic hydroxyl groups excluding tert-OH is 1. The maximum atomic E-state index is 14.0. The van der Waals surface area contributed by atoms with Crippen LogP contribution in [0.2, 0.25) is 0 Å². The van der Waals surface area contributed by atoms with Crippen molar-refractivity contribution in [2.45, 2.75) is 45.1 Å². The molecule has 1 saturated carbocycles. The molecule has 0 amide bonds. The van der Waals surface area contributed by atoms with Crippen molar-refractivity contribution in [3.63, 3.8) is 0 Å². The van der Waals surface area contributed by atoms with E-state index >= 15 is 0 Å². The summed E-state index contributed by atoms with van der Waals surface area (Å²) in [4.78, 5) is 2.29. The molecule has 1 heterocycles. The molecule has 1 saturated heterocycles. The van der Waals surface area contributed by atoms with Gasteiger partial charge in [0, 0.05) is 24.3 Å². The molecule has 2 aliphatic rings. The fourth-order valence-electron chi connectivity index (χ4n) is 4.03. The summed E-state index contributed by atoms with van der Waals surface area (Å²) in [5, 5.41) is 9.88. The second-order valence-corrected chi connectivity index (χ2v) is 6.39. The van der Waals surface area contributed by atoms with Crippen molar-refractivity contribution >= 4 is 5.69 Å². The molecule has 0 spiro atoms. The van der Waals surface area contributed by atoms with Crippen molar-refractivity contribution in [1.82, 2.24) is 0 Å². The predicted octanol–water partition coefficient (Wildman–Crippen LogP) is 3.90. The molecule has 1 aliphatic heterocycles. The molecule has 1 aromatic carbocycles. The molecule has 2 unspecified atom stereocenters. The number of rotatable bonds is 2. The van der Waals surface area contributed by atoms with E-state index in [0.717, 1.165) is 30.6 Å². The van der Waals surface area contributed by atoms with Crippen LogP contribution in [0.1, 0.15) is 50.7 Å². The third-order valence-corrected chi connectivity index (χ3v) is 5.08. The van der Waals surface area contributed by atoms with E-state index in [2.05, 4.69) is 4.90 Å². The van der Waals surface area contributed by atoms with Gasteiger partial charge in [-0.2, -0.15) is 0 Å². The number of benzene rings is 1. The van der Waals surface area contributed by atoms with Gasteiger partial charge in [0.2, 0.25) is 0 Å². The molecule has 3 atom stereocenters. The predicted molar refractivity (Wildman–Crippen MR) is 79.3 cm³/mol. The van der Waals surface area contributed by atoms with Gasteiger partial charge < -0.3 is 10.0 Å². The highest BCUT2D eigenvalue weighted by Gasteiger charge is 2.32. The largest absolute Gasteiger partial charge is 0.389 e. The number of halogens is 1. The summed E-state index contributed by atoms with van der Waals surface area (Å²) in [5.41, 5.74) is 1.35. The number of hydrogen-bond acceptors (Lipinski definition) is 2. The summed E-state index contributed by atoms with van der Waals surface area (Å²) < 4.78 is 14.0. The van der Waals surface area contributed by atoms with Crippen molar-refractivity contribution in [1.29, 1.82) is 0 Å². The van der Waals surface area contributed by atoms with Crippen molar-refractivity contribution < 1.29 is 9.50 Å². The maximum Gasteiger partial charge on any atom is 0.131 e. The maximum absolute atomic E-state index is 14.0. The number of piperidine rings is 1.